The standard InChI is InChI=1S/C20H23NO3S/c1-12-11-17(14(3)25-12)20(23)24-13(2)19(22)21-18-10-6-8-15-7-4-5-9-16(15)18/h4-5,7,9,11,13,18H,6,8,10H2,1-3H3,(H,21,22)/t13-,18-/m1/s1. The number of carbonyl (C=O) groups excluding carboxylic acids is 2. The van der Waals surface area contributed by atoms with Crippen molar-refractivity contribution in [2.24, 2.45) is 0 Å². The van der Waals surface area contributed by atoms with Crippen LogP contribution in [0.3, 0.4) is 0 Å². The van der Waals surface area contributed by atoms with Crippen molar-refractivity contribution < 1.29 is 14.3 Å². The van der Waals surface area contributed by atoms with Gasteiger partial charge < -0.3 is 10.1 Å². The second-order valence-electron chi connectivity index (χ2n) is 6.53. The monoisotopic (exact) mass is 357 g/mol. The van der Waals surface area contributed by atoms with Gasteiger partial charge in [-0.3, -0.25) is 4.79 Å². The first-order chi connectivity index (χ1) is 12.0. The zero-order valence-electron chi connectivity index (χ0n) is 14.8. The third-order valence-corrected chi connectivity index (χ3v) is 5.57. The maximum Gasteiger partial charge on any atom is 0.340 e. The second kappa shape index (κ2) is 7.40. The Labute approximate surface area is 152 Å². The van der Waals surface area contributed by atoms with E-state index < -0.39 is 12.1 Å². The summed E-state index contributed by atoms with van der Waals surface area (Å²) in [7, 11) is 0. The van der Waals surface area contributed by atoms with Crippen LogP contribution in [0.4, 0.5) is 0 Å². The summed E-state index contributed by atoms with van der Waals surface area (Å²) >= 11 is 1.55. The van der Waals surface area contributed by atoms with Gasteiger partial charge in [0.05, 0.1) is 11.6 Å². The van der Waals surface area contributed by atoms with Gasteiger partial charge in [-0.1, -0.05) is 24.3 Å². The van der Waals surface area contributed by atoms with E-state index in [2.05, 4.69) is 17.4 Å². The van der Waals surface area contributed by atoms with Crippen LogP contribution in [-0.4, -0.2) is 18.0 Å². The third kappa shape index (κ3) is 3.93. The normalized spacial score (nSPS) is 17.5. The van der Waals surface area contributed by atoms with Gasteiger partial charge in [-0.05, 0) is 57.2 Å². The molecule has 132 valence electrons. The summed E-state index contributed by atoms with van der Waals surface area (Å²) in [6, 6.07) is 9.99. The van der Waals surface area contributed by atoms with Gasteiger partial charge in [0.1, 0.15) is 0 Å². The molecule has 1 N–H and O–H groups in total. The van der Waals surface area contributed by atoms with Gasteiger partial charge in [0, 0.05) is 9.75 Å². The summed E-state index contributed by atoms with van der Waals surface area (Å²) in [5.74, 6) is -0.687. The molecule has 0 spiro atoms. The minimum absolute atomic E-state index is 0.0104. The number of aryl methyl sites for hydroxylation is 3. The van der Waals surface area contributed by atoms with E-state index >= 15 is 0 Å². The Bertz CT molecular complexity index is 796. The van der Waals surface area contributed by atoms with Crippen LogP contribution in [0, 0.1) is 13.8 Å². The number of ether oxygens (including phenoxy) is 1. The second-order valence-corrected chi connectivity index (χ2v) is 7.99. The Hall–Kier alpha value is -2.14. The molecule has 0 saturated carbocycles. The van der Waals surface area contributed by atoms with Crippen LogP contribution in [-0.2, 0) is 16.0 Å². The quantitative estimate of drug-likeness (QED) is 0.838. The van der Waals surface area contributed by atoms with Crippen molar-refractivity contribution in [3.8, 4) is 0 Å². The van der Waals surface area contributed by atoms with Crippen LogP contribution in [0.5, 0.6) is 0 Å². The molecule has 4 nitrogen and oxygen atoms in total. The highest BCUT2D eigenvalue weighted by Gasteiger charge is 2.26. The summed E-state index contributed by atoms with van der Waals surface area (Å²) in [6.07, 6.45) is 2.18. The van der Waals surface area contributed by atoms with E-state index in [9.17, 15) is 9.59 Å². The SMILES string of the molecule is Cc1cc(C(=O)O[C@H](C)C(=O)N[C@@H]2CCCc3ccccc32)c(C)s1. The Morgan fingerprint density at radius 2 is 2.04 bits per heavy atom. The zero-order chi connectivity index (χ0) is 18.0. The molecule has 2 aromatic rings. The molecule has 1 aliphatic rings. The van der Waals surface area contributed by atoms with E-state index in [1.54, 1.807) is 18.3 Å². The van der Waals surface area contributed by atoms with Crippen molar-refractivity contribution >= 4 is 23.2 Å². The molecule has 1 heterocycles. The lowest BCUT2D eigenvalue weighted by Gasteiger charge is -2.27. The van der Waals surface area contributed by atoms with Crippen LogP contribution in [0.15, 0.2) is 30.3 Å². The zero-order valence-corrected chi connectivity index (χ0v) is 15.6. The molecule has 0 bridgehead atoms. The van der Waals surface area contributed by atoms with E-state index in [-0.39, 0.29) is 11.9 Å². The Balaban J connectivity index is 1.64. The van der Waals surface area contributed by atoms with Crippen LogP contribution >= 0.6 is 11.3 Å². The maximum atomic E-state index is 12.5. The first-order valence-electron chi connectivity index (χ1n) is 8.62. The number of hydrogen-bond donors (Lipinski definition) is 1. The number of fused-ring (bicyclic) bond motifs is 1. The van der Waals surface area contributed by atoms with Crippen molar-refractivity contribution in [3.05, 3.63) is 56.8 Å². The van der Waals surface area contributed by atoms with Gasteiger partial charge in [0.2, 0.25) is 0 Å². The Morgan fingerprint density at radius 1 is 1.28 bits per heavy atom. The molecule has 0 fully saturated rings. The fourth-order valence-electron chi connectivity index (χ4n) is 3.30. The van der Waals surface area contributed by atoms with Gasteiger partial charge >= 0.3 is 5.97 Å². The average molecular weight is 357 g/mol. The van der Waals surface area contributed by atoms with Crippen molar-refractivity contribution in [1.29, 1.82) is 0 Å². The minimum atomic E-state index is -0.818. The predicted molar refractivity (Wildman–Crippen MR) is 98.9 cm³/mol. The molecule has 1 amide bonds. The molecule has 3 rings (SSSR count). The molecule has 1 aromatic carbocycles. The molecule has 0 radical (unpaired) electrons. The van der Waals surface area contributed by atoms with Crippen molar-refractivity contribution in [3.63, 3.8) is 0 Å². The molecule has 0 aliphatic heterocycles. The number of carbonyl (C=O) groups is 2. The van der Waals surface area contributed by atoms with Gasteiger partial charge in [-0.25, -0.2) is 4.79 Å². The van der Waals surface area contributed by atoms with Crippen molar-refractivity contribution in [1.82, 2.24) is 5.32 Å². The number of nitrogens with one attached hydrogen (secondary N) is 1. The fourth-order valence-corrected chi connectivity index (χ4v) is 4.22. The third-order valence-electron chi connectivity index (χ3n) is 4.60. The molecular weight excluding hydrogens is 334 g/mol. The van der Waals surface area contributed by atoms with E-state index in [1.807, 2.05) is 32.0 Å². The van der Waals surface area contributed by atoms with E-state index in [0.717, 1.165) is 29.0 Å². The van der Waals surface area contributed by atoms with Crippen LogP contribution in [0.1, 0.15) is 57.0 Å². The van der Waals surface area contributed by atoms with E-state index in [0.29, 0.717) is 5.56 Å². The number of thiophene rings is 1. The topological polar surface area (TPSA) is 55.4 Å². The summed E-state index contributed by atoms with van der Waals surface area (Å²) < 4.78 is 5.38. The smallest absolute Gasteiger partial charge is 0.340 e. The summed E-state index contributed by atoms with van der Waals surface area (Å²) in [6.45, 7) is 5.46. The van der Waals surface area contributed by atoms with Crippen molar-refractivity contribution in [2.75, 3.05) is 0 Å². The van der Waals surface area contributed by atoms with Crippen molar-refractivity contribution in [2.45, 2.75) is 52.2 Å². The van der Waals surface area contributed by atoms with E-state index in [4.69, 9.17) is 4.74 Å². The van der Waals surface area contributed by atoms with Gasteiger partial charge in [0.15, 0.2) is 6.10 Å². The predicted octanol–water partition coefficient (Wildman–Crippen LogP) is 4.10. The van der Waals surface area contributed by atoms with Crippen LogP contribution in [0.2, 0.25) is 0 Å². The number of rotatable bonds is 4. The first kappa shape index (κ1) is 17.7. The Kier molecular flexibility index (Phi) is 5.23. The average Bonchev–Trinajstić information content (AvgIpc) is 2.93. The van der Waals surface area contributed by atoms with Gasteiger partial charge in [-0.15, -0.1) is 11.3 Å². The summed E-state index contributed by atoms with van der Waals surface area (Å²) in [5, 5.41) is 3.04. The van der Waals surface area contributed by atoms with Crippen LogP contribution < -0.4 is 5.32 Å². The lowest BCUT2D eigenvalue weighted by Crippen LogP contribution is -2.39. The highest BCUT2D eigenvalue weighted by Crippen LogP contribution is 2.29. The number of esters is 1. The molecule has 1 aliphatic carbocycles. The number of benzene rings is 1. The Morgan fingerprint density at radius 3 is 2.76 bits per heavy atom. The van der Waals surface area contributed by atoms with E-state index in [1.165, 1.54) is 11.1 Å². The lowest BCUT2D eigenvalue weighted by molar-refractivity contribution is -0.130. The highest BCUT2D eigenvalue weighted by atomic mass is 32.1. The van der Waals surface area contributed by atoms with Crippen LogP contribution in [0.25, 0.3) is 0 Å². The lowest BCUT2D eigenvalue weighted by atomic mass is 9.87. The molecule has 25 heavy (non-hydrogen) atoms. The van der Waals surface area contributed by atoms with Gasteiger partial charge in [0.25, 0.3) is 5.91 Å². The first-order valence-corrected chi connectivity index (χ1v) is 9.43. The molecule has 1 aromatic heterocycles. The molecule has 2 atom stereocenters. The molecular formula is C20H23NO3S. The van der Waals surface area contributed by atoms with Gasteiger partial charge in [-0.2, -0.15) is 0 Å². The molecule has 0 saturated heterocycles. The molecule has 5 heteroatoms. The summed E-state index contributed by atoms with van der Waals surface area (Å²) in [5.41, 5.74) is 3.00. The minimum Gasteiger partial charge on any atom is -0.449 e. The highest BCUT2D eigenvalue weighted by molar-refractivity contribution is 7.12. The summed E-state index contributed by atoms with van der Waals surface area (Å²) in [4.78, 5) is 26.8. The molecule has 0 unspecified atom stereocenters. The number of hydrogen-bond acceptors (Lipinski definition) is 4. The maximum absolute atomic E-state index is 12.5. The fraction of sp³-hybridized carbons (Fsp3) is 0.400. The largest absolute Gasteiger partial charge is 0.449 e. The number of amides is 1.